The summed E-state index contributed by atoms with van der Waals surface area (Å²) in [7, 11) is 17.9. The summed E-state index contributed by atoms with van der Waals surface area (Å²) in [5.41, 5.74) is -5.16. The Labute approximate surface area is 841 Å². The van der Waals surface area contributed by atoms with Gasteiger partial charge in [0.1, 0.15) is 46.4 Å². The molecule has 0 aromatic carbocycles. The van der Waals surface area contributed by atoms with Crippen molar-refractivity contribution in [3.8, 4) is 0 Å². The van der Waals surface area contributed by atoms with Gasteiger partial charge in [0, 0.05) is 197 Å². The summed E-state index contributed by atoms with van der Waals surface area (Å²) in [5, 5.41) is 18.7. The van der Waals surface area contributed by atoms with Gasteiger partial charge in [0.05, 0.1) is 40.2 Å². The van der Waals surface area contributed by atoms with E-state index in [0.717, 1.165) is 32.1 Å². The predicted molar refractivity (Wildman–Crippen MR) is 539 cm³/mol. The first-order chi connectivity index (χ1) is 73.7. The van der Waals surface area contributed by atoms with E-state index in [1.165, 1.54) is 122 Å². The summed E-state index contributed by atoms with van der Waals surface area (Å²) in [5.74, 6) is -1.15. The first kappa shape index (κ1) is 89.7. The second-order valence-corrected chi connectivity index (χ2v) is 34.4. The molecule has 0 spiro atoms. The number of aromatic nitrogens is 28. The van der Waals surface area contributed by atoms with Gasteiger partial charge in [-0.05, 0) is 172 Å². The van der Waals surface area contributed by atoms with E-state index in [2.05, 4.69) is 34.9 Å². The number of carbonyl (C=O) groups excluding carboxylic acids is 5. The van der Waals surface area contributed by atoms with Crippen molar-refractivity contribution in [1.29, 1.82) is 0 Å². The number of hydrogen-bond donors (Lipinski definition) is 2. The largest absolute Gasteiger partial charge is 0.393 e. The number of ketones is 5. The summed E-state index contributed by atoms with van der Waals surface area (Å²) >= 11 is 0. The smallest absolute Gasteiger partial charge is 0.332 e. The van der Waals surface area contributed by atoms with Crippen molar-refractivity contribution in [2.75, 3.05) is 0 Å². The van der Waals surface area contributed by atoms with Crippen molar-refractivity contribution in [2.24, 2.45) is 98.5 Å². The van der Waals surface area contributed by atoms with Crippen molar-refractivity contribution in [1.82, 2.24) is 131 Å². The number of aryl methyl sites for hydroxylation is 17. The quantitative estimate of drug-likeness (QED) is 0.0535. The molecule has 1 unspecified atom stereocenters. The Hall–Kier alpha value is -14.7. The minimum Gasteiger partial charge on any atom is -0.393 e. The van der Waals surface area contributed by atoms with Crippen LogP contribution in [-0.2, 0) is 168 Å². The molecule has 0 radical (unpaired) electrons. The molecule has 778 valence electrons. The Morgan fingerprint density at radius 2 is 0.476 bits per heavy atom. The highest BCUT2D eigenvalue weighted by molar-refractivity contribution is 5.78. The molecule has 0 aliphatic carbocycles. The number of hydrogen-bond acceptors (Lipinski definition) is 28. The number of fused-ring (bicyclic) bond motifs is 7. The average molecular weight is 2010 g/mol. The number of imidazole rings is 7. The number of Topliss-reactive ketones (excluding diaryl/α,β-unsaturated/α-hetero) is 5. The monoisotopic (exact) mass is 2010 g/mol. The zero-order valence-electron chi connectivity index (χ0n) is 101. The standard InChI is InChI=1S/3C14H20N4O3.2C13H20N4O3.2C13H18N4O3/c3*1-9(19)7-5-6-8-18-13(20)11-12(17(4)14(18)21)15-10(2)16(11)3;4*1-9(18)6-4-5-7-17-12(19)10-11(14-8-15(10)2)16(3)13(17)20/h3*5-8H2,1-4H3;2*8-9,18H,4-7H2,1-3H3;2*8H,4-7H2,1-3H3/t;;;9-;;;/m...1.../s1/i3D3,4D3,7D2;3D3,7D2;7D2;2*9D;;. The van der Waals surface area contributed by atoms with Gasteiger partial charge in [-0.1, -0.05) is 0 Å². The van der Waals surface area contributed by atoms with Gasteiger partial charge in [0.25, 0.3) is 38.9 Å². The van der Waals surface area contributed by atoms with Crippen LogP contribution >= 0.6 is 0 Å². The lowest BCUT2D eigenvalue weighted by Crippen LogP contribution is -2.39. The normalized spacial score (nSPS) is 14.5. The molecule has 0 amide bonds. The second kappa shape index (κ2) is 50.1. The third kappa shape index (κ3) is 26.6. The summed E-state index contributed by atoms with van der Waals surface area (Å²) in [6.07, 6.45) is 2.97. The van der Waals surface area contributed by atoms with Crippen LogP contribution < -0.4 is 78.7 Å². The van der Waals surface area contributed by atoms with E-state index in [4.69, 9.17) is 23.3 Å². The maximum atomic E-state index is 12.9. The molecule has 0 fully saturated rings. The predicted octanol–water partition coefficient (Wildman–Crippen LogP) is 1.86. The highest BCUT2D eigenvalue weighted by atomic mass is 16.3. The van der Waals surface area contributed by atoms with Crippen LogP contribution in [-0.4, -0.2) is 182 Å². The number of carbonyl (C=O) groups is 5. The third-order valence-electron chi connectivity index (χ3n) is 23.3. The Balaban J connectivity index is 0.000000227. The number of rotatable bonds is 35. The average Bonchev–Trinajstić information content (AvgIpc) is 1.56. The minimum absolute atomic E-state index is 0.0241. The van der Waals surface area contributed by atoms with Crippen LogP contribution in [0.15, 0.2) is 92.4 Å². The Morgan fingerprint density at radius 1 is 0.280 bits per heavy atom. The molecule has 49 heteroatoms. The van der Waals surface area contributed by atoms with Crippen LogP contribution in [0.4, 0.5) is 0 Å². The fraction of sp³-hybridized carbons (Fsp3) is 0.574. The first-order valence-corrected chi connectivity index (χ1v) is 45.7. The molecule has 0 saturated carbocycles. The van der Waals surface area contributed by atoms with Gasteiger partial charge >= 0.3 is 39.8 Å². The number of nitrogens with zero attached hydrogens (tertiary/aromatic N) is 28. The van der Waals surface area contributed by atoms with E-state index in [1.807, 2.05) is 0 Å². The fourth-order valence-electron chi connectivity index (χ4n) is 15.3. The van der Waals surface area contributed by atoms with E-state index < -0.39 is 132 Å². The SMILES string of the molecule is CC(=O)CCCCn1c(=O)c2c(ncn2C)n(C)c1=O.CC(=O)CCCCn1c(=O)c2c(ncn2C)n(C)c1=O.[2H]C(C)(O)CCCCn1c(=O)c2c(ncn2C)n(C)c1=O.[2H]C([2H])(CCCn1c(=O)c2c(nc(C)n2C([2H])([2H])[2H])n(C([2H])([2H])[2H])c1=O)C(C)=O.[2H]C([2H])(CCCn1c(=O)c2c(nc(C)n2C([2H])([2H])[2H])n(C)c1=O)C(C)=O.[2H]C([2H])(CCCn1c(=O)c2c(nc(C)n2C)n(C)c1=O)C(C)=O.[2H][C@](C)(O)CCCCn1c(=O)c2c(ncn2C)n(C)c1=O. The molecule has 0 aliphatic heterocycles. The van der Waals surface area contributed by atoms with Gasteiger partial charge in [0.15, 0.2) is 78.1 Å². The van der Waals surface area contributed by atoms with Crippen LogP contribution in [0.1, 0.15) is 224 Å². The van der Waals surface area contributed by atoms with Crippen molar-refractivity contribution in [2.45, 2.75) is 262 Å². The summed E-state index contributed by atoms with van der Waals surface area (Å²) in [4.78, 5) is 258. The van der Waals surface area contributed by atoms with Crippen LogP contribution in [0, 0.1) is 20.8 Å². The zero-order chi connectivity index (χ0) is 121. The molecule has 2 atom stereocenters. The summed E-state index contributed by atoms with van der Waals surface area (Å²) < 4.78 is 154. The molecule has 0 saturated heterocycles. The molecule has 0 aliphatic rings. The first-order valence-electron chi connectivity index (χ1n) is 54.2. The molecule has 143 heavy (non-hydrogen) atoms. The van der Waals surface area contributed by atoms with Gasteiger partial charge in [-0.3, -0.25) is 97.5 Å². The van der Waals surface area contributed by atoms with E-state index in [-0.39, 0.29) is 137 Å². The second-order valence-electron chi connectivity index (χ2n) is 34.4. The number of unbranched alkanes of at least 4 members (excludes halogenated alkanes) is 4. The lowest BCUT2D eigenvalue weighted by atomic mass is 10.2. The fourth-order valence-corrected chi connectivity index (χ4v) is 15.3. The molecule has 14 aromatic rings. The van der Waals surface area contributed by atoms with Crippen molar-refractivity contribution < 1.29 is 57.5 Å². The highest BCUT2D eigenvalue weighted by Gasteiger charge is 2.24. The van der Waals surface area contributed by atoms with E-state index >= 15 is 0 Å². The zero-order valence-corrected chi connectivity index (χ0v) is 84.2. The Bertz CT molecular complexity index is 8590. The third-order valence-corrected chi connectivity index (χ3v) is 23.3. The summed E-state index contributed by atoms with van der Waals surface area (Å²) in [6.45, 7) is 5.90. The molecule has 49 nitrogen and oxygen atoms in total. The van der Waals surface area contributed by atoms with Crippen molar-refractivity contribution in [3.05, 3.63) is 189 Å². The lowest BCUT2D eigenvalue weighted by Gasteiger charge is -2.09. The Kier molecular flexibility index (Phi) is 31.4. The van der Waals surface area contributed by atoms with Gasteiger partial charge < -0.3 is 66.2 Å². The maximum absolute atomic E-state index is 12.9. The highest BCUT2D eigenvalue weighted by Crippen LogP contribution is 2.16. The van der Waals surface area contributed by atoms with Crippen LogP contribution in [0.3, 0.4) is 0 Å². The van der Waals surface area contributed by atoms with E-state index in [1.54, 1.807) is 100 Å². The maximum Gasteiger partial charge on any atom is 0.332 e. The molecule has 0 bridgehead atoms. The van der Waals surface area contributed by atoms with Gasteiger partial charge in [-0.25, -0.2) is 68.4 Å². The van der Waals surface area contributed by atoms with Crippen LogP contribution in [0.5, 0.6) is 0 Å². The molecular weight excluding hydrogens is 1860 g/mol. The van der Waals surface area contributed by atoms with Gasteiger partial charge in [0.2, 0.25) is 0 Å². The number of aliphatic hydroxyl groups is 2. The van der Waals surface area contributed by atoms with Crippen LogP contribution in [0.2, 0.25) is 0 Å². The van der Waals surface area contributed by atoms with Gasteiger partial charge in [-0.2, -0.15) is 0 Å². The van der Waals surface area contributed by atoms with E-state index in [0.29, 0.717) is 161 Å². The van der Waals surface area contributed by atoms with Crippen molar-refractivity contribution in [3.63, 3.8) is 0 Å². The summed E-state index contributed by atoms with van der Waals surface area (Å²) in [6, 6.07) is 0. The minimum atomic E-state index is -3.04. The molecule has 14 rings (SSSR count). The molecule has 2 N–H and O–H groups in total. The van der Waals surface area contributed by atoms with E-state index in [9.17, 15) is 101 Å². The molecule has 14 heterocycles. The van der Waals surface area contributed by atoms with Gasteiger partial charge in [-0.15, -0.1) is 0 Å². The topological polar surface area (TPSA) is 559 Å². The molecule has 14 aromatic heterocycles. The van der Waals surface area contributed by atoms with Crippen LogP contribution in [0.25, 0.3) is 78.1 Å². The molecular formula is C94H136N28O21. The lowest BCUT2D eigenvalue weighted by molar-refractivity contribution is -0.118. The van der Waals surface area contributed by atoms with Crippen molar-refractivity contribution >= 4 is 107 Å². The Morgan fingerprint density at radius 3 is 0.699 bits per heavy atom.